The topological polar surface area (TPSA) is 111 Å². The van der Waals surface area contributed by atoms with Crippen LogP contribution in [-0.4, -0.2) is 36.0 Å². The van der Waals surface area contributed by atoms with E-state index in [1.54, 1.807) is 24.3 Å². The van der Waals surface area contributed by atoms with Crippen LogP contribution >= 0.6 is 11.3 Å². The van der Waals surface area contributed by atoms with E-state index in [0.717, 1.165) is 21.6 Å². The van der Waals surface area contributed by atoms with Crippen molar-refractivity contribution in [2.75, 3.05) is 12.8 Å². The molecule has 0 unspecified atom stereocenters. The van der Waals surface area contributed by atoms with Crippen LogP contribution in [0.4, 0.5) is 8.78 Å². The van der Waals surface area contributed by atoms with Gasteiger partial charge in [-0.15, -0.1) is 11.3 Å². The van der Waals surface area contributed by atoms with Crippen molar-refractivity contribution in [2.45, 2.75) is 17.9 Å². The van der Waals surface area contributed by atoms with Crippen LogP contribution in [-0.2, 0) is 22.8 Å². The number of nitrogens with zero attached hydrogens (tertiary/aromatic N) is 2. The van der Waals surface area contributed by atoms with Gasteiger partial charge in [0.05, 0.1) is 11.4 Å². The molecular formula is C18H18F2N4O3S2. The van der Waals surface area contributed by atoms with E-state index in [9.17, 15) is 22.0 Å². The summed E-state index contributed by atoms with van der Waals surface area (Å²) in [5, 5.41) is 6.10. The number of H-pyrrole nitrogens is 1. The van der Waals surface area contributed by atoms with Crippen LogP contribution in [0.2, 0.25) is 0 Å². The Balaban J connectivity index is 1.88. The Morgan fingerprint density at radius 3 is 2.69 bits per heavy atom. The van der Waals surface area contributed by atoms with E-state index in [0.29, 0.717) is 0 Å². The highest BCUT2D eigenvalue weighted by molar-refractivity contribution is 7.90. The molecule has 2 heterocycles. The Morgan fingerprint density at radius 1 is 1.28 bits per heavy atom. The van der Waals surface area contributed by atoms with Crippen molar-refractivity contribution >= 4 is 21.2 Å². The van der Waals surface area contributed by atoms with Gasteiger partial charge in [0.2, 0.25) is 0 Å². The number of nitrogens with one attached hydrogen (secondary N) is 1. The minimum atomic E-state index is -3.33. The Morgan fingerprint density at radius 2 is 2.03 bits per heavy atom. The fourth-order valence-electron chi connectivity index (χ4n) is 2.71. The molecule has 0 saturated heterocycles. The zero-order valence-corrected chi connectivity index (χ0v) is 17.0. The molecule has 29 heavy (non-hydrogen) atoms. The minimum absolute atomic E-state index is 0.146. The van der Waals surface area contributed by atoms with Gasteiger partial charge in [-0.25, -0.2) is 18.3 Å². The lowest BCUT2D eigenvalue weighted by Crippen LogP contribution is -2.20. The van der Waals surface area contributed by atoms with Gasteiger partial charge in [0.25, 0.3) is 6.08 Å². The maximum Gasteiger partial charge on any atom is 0.343 e. The van der Waals surface area contributed by atoms with E-state index in [-0.39, 0.29) is 35.8 Å². The largest absolute Gasteiger partial charge is 0.343 e. The predicted octanol–water partition coefficient (Wildman–Crippen LogP) is 2.40. The Labute approximate surface area is 169 Å². The molecule has 0 aliphatic heterocycles. The maximum absolute atomic E-state index is 12.9. The number of nitrogens with two attached hydrogens (primary N) is 1. The lowest BCUT2D eigenvalue weighted by Gasteiger charge is -2.06. The van der Waals surface area contributed by atoms with E-state index in [4.69, 9.17) is 5.73 Å². The first-order valence-electron chi connectivity index (χ1n) is 8.45. The van der Waals surface area contributed by atoms with Gasteiger partial charge in [-0.2, -0.15) is 13.9 Å². The molecule has 0 saturated carbocycles. The highest BCUT2D eigenvalue weighted by Gasteiger charge is 2.15. The van der Waals surface area contributed by atoms with Crippen molar-refractivity contribution in [2.24, 2.45) is 5.73 Å². The van der Waals surface area contributed by atoms with Gasteiger partial charge in [-0.3, -0.25) is 4.57 Å². The summed E-state index contributed by atoms with van der Waals surface area (Å²) in [6.45, 7) is -0.184. The number of sulfone groups is 1. The second-order valence-electron chi connectivity index (χ2n) is 6.34. The summed E-state index contributed by atoms with van der Waals surface area (Å²) in [7, 11) is -3.33. The van der Waals surface area contributed by atoms with E-state index in [1.165, 1.54) is 22.0 Å². The molecule has 3 rings (SSSR count). The maximum atomic E-state index is 12.9. The first kappa shape index (κ1) is 21.1. The summed E-state index contributed by atoms with van der Waals surface area (Å²) in [5.41, 5.74) is 5.28. The van der Waals surface area contributed by atoms with Crippen LogP contribution < -0.4 is 11.4 Å². The lowest BCUT2D eigenvalue weighted by molar-refractivity contribution is 0.407. The first-order chi connectivity index (χ1) is 13.7. The number of aromatic nitrogens is 3. The van der Waals surface area contributed by atoms with Crippen molar-refractivity contribution in [3.05, 3.63) is 69.2 Å². The van der Waals surface area contributed by atoms with Crippen molar-refractivity contribution in [1.82, 2.24) is 14.8 Å². The van der Waals surface area contributed by atoms with E-state index in [1.807, 2.05) is 6.07 Å². The second kappa shape index (κ2) is 8.39. The van der Waals surface area contributed by atoms with Gasteiger partial charge < -0.3 is 5.73 Å². The van der Waals surface area contributed by atoms with E-state index >= 15 is 0 Å². The fourth-order valence-corrected chi connectivity index (χ4v) is 4.37. The lowest BCUT2D eigenvalue weighted by atomic mass is 10.2. The number of benzene rings is 1. The molecule has 0 amide bonds. The van der Waals surface area contributed by atoms with Crippen molar-refractivity contribution in [3.8, 4) is 10.4 Å². The third-order valence-electron chi connectivity index (χ3n) is 4.24. The monoisotopic (exact) mass is 440 g/mol. The van der Waals surface area contributed by atoms with Crippen LogP contribution in [0.3, 0.4) is 0 Å². The van der Waals surface area contributed by atoms with Crippen LogP contribution in [0.5, 0.6) is 0 Å². The van der Waals surface area contributed by atoms with E-state index in [2.05, 4.69) is 10.2 Å². The molecule has 0 atom stereocenters. The van der Waals surface area contributed by atoms with Crippen molar-refractivity contribution in [3.63, 3.8) is 0 Å². The molecule has 0 aliphatic rings. The zero-order chi connectivity index (χ0) is 21.2. The number of rotatable bonds is 7. The first-order valence-corrected chi connectivity index (χ1v) is 11.2. The number of hydrogen-bond acceptors (Lipinski definition) is 6. The summed E-state index contributed by atoms with van der Waals surface area (Å²) < 4.78 is 50.6. The molecule has 1 aromatic carbocycles. The Kier molecular flexibility index (Phi) is 6.10. The molecule has 11 heteroatoms. The van der Waals surface area contributed by atoms with Crippen LogP contribution in [0.25, 0.3) is 10.4 Å². The smallest absolute Gasteiger partial charge is 0.327 e. The zero-order valence-electron chi connectivity index (χ0n) is 15.4. The summed E-state index contributed by atoms with van der Waals surface area (Å²) in [6, 6.07) is 10.2. The Hall–Kier alpha value is -2.63. The third-order valence-corrected chi connectivity index (χ3v) is 6.47. The van der Waals surface area contributed by atoms with Gasteiger partial charge in [0.15, 0.2) is 9.84 Å². The quantitative estimate of drug-likeness (QED) is 0.586. The van der Waals surface area contributed by atoms with Gasteiger partial charge in [-0.1, -0.05) is 12.1 Å². The van der Waals surface area contributed by atoms with Crippen molar-refractivity contribution < 1.29 is 17.2 Å². The molecule has 0 aliphatic carbocycles. The highest BCUT2D eigenvalue weighted by atomic mass is 32.2. The van der Waals surface area contributed by atoms with Crippen molar-refractivity contribution in [1.29, 1.82) is 0 Å². The molecule has 2 aromatic heterocycles. The molecule has 3 aromatic rings. The summed E-state index contributed by atoms with van der Waals surface area (Å²) in [5.74, 6) is 0.164. The molecule has 0 spiro atoms. The highest BCUT2D eigenvalue weighted by Crippen LogP contribution is 2.30. The average Bonchev–Trinajstić information content (AvgIpc) is 3.27. The molecule has 3 N–H and O–H groups in total. The normalized spacial score (nSPS) is 11.6. The molecule has 7 nitrogen and oxygen atoms in total. The fraction of sp³-hybridized carbons (Fsp3) is 0.222. The summed E-state index contributed by atoms with van der Waals surface area (Å²) in [4.78, 5) is 13.9. The Bertz CT molecular complexity index is 1220. The minimum Gasteiger partial charge on any atom is -0.327 e. The molecule has 0 bridgehead atoms. The molecular weight excluding hydrogens is 422 g/mol. The van der Waals surface area contributed by atoms with Gasteiger partial charge in [0.1, 0.15) is 5.82 Å². The molecule has 154 valence electrons. The van der Waals surface area contributed by atoms with Gasteiger partial charge >= 0.3 is 5.69 Å². The van der Waals surface area contributed by atoms with Crippen LogP contribution in [0.15, 0.2) is 57.7 Å². The van der Waals surface area contributed by atoms with Gasteiger partial charge in [-0.05, 0) is 29.8 Å². The molecule has 0 fully saturated rings. The standard InChI is InChI=1S/C18H18F2N4O3S2/c1-29(26,27)14-4-2-3-11(7-14)15-6-5-13(28-15)10-24-16(22-23-18(24)25)8-12(9-21)17(19)20/h2-7H,8-10,21H2,1H3,(H,23,25). The number of hydrogen-bond donors (Lipinski definition) is 2. The van der Waals surface area contributed by atoms with E-state index < -0.39 is 21.6 Å². The average molecular weight is 440 g/mol. The SMILES string of the molecule is CS(=O)(=O)c1cccc(-c2ccc(Cn3c(CC(CN)=C(F)F)n[nH]c3=O)s2)c1. The third kappa shape index (κ3) is 4.86. The van der Waals surface area contributed by atoms with Gasteiger partial charge in [0, 0.05) is 34.5 Å². The summed E-state index contributed by atoms with van der Waals surface area (Å²) >= 11 is 1.37. The van der Waals surface area contributed by atoms with Crippen LogP contribution in [0.1, 0.15) is 10.7 Å². The van der Waals surface area contributed by atoms with Crippen LogP contribution in [0, 0.1) is 0 Å². The number of halogens is 2. The summed E-state index contributed by atoms with van der Waals surface area (Å²) in [6.07, 6.45) is -0.964. The second-order valence-corrected chi connectivity index (χ2v) is 9.53. The number of thiophene rings is 1. The number of aromatic amines is 1. The predicted molar refractivity (Wildman–Crippen MR) is 107 cm³/mol. The molecule has 0 radical (unpaired) electrons.